The first kappa shape index (κ1) is 21.1. The van der Waals surface area contributed by atoms with Gasteiger partial charge in [-0.3, -0.25) is 10.1 Å². The maximum atomic E-state index is 12.8. The first-order valence-electron chi connectivity index (χ1n) is 9.09. The number of carbonyl (C=O) groups is 1. The lowest BCUT2D eigenvalue weighted by Gasteiger charge is -2.19. The van der Waals surface area contributed by atoms with Gasteiger partial charge in [0.25, 0.3) is 15.9 Å². The summed E-state index contributed by atoms with van der Waals surface area (Å²) in [7, 11) is -3.88. The van der Waals surface area contributed by atoms with Gasteiger partial charge in [0.2, 0.25) is 9.47 Å². The predicted octanol–water partition coefficient (Wildman–Crippen LogP) is 3.84. The molecule has 0 saturated heterocycles. The second-order valence-electron chi connectivity index (χ2n) is 6.64. The number of rotatable bonds is 7. The number of sulfonamides is 1. The van der Waals surface area contributed by atoms with E-state index >= 15 is 0 Å². The average Bonchev–Trinajstić information content (AvgIpc) is 3.17. The molecule has 0 aliphatic carbocycles. The predicted molar refractivity (Wildman–Crippen MR) is 114 cm³/mol. The van der Waals surface area contributed by atoms with Crippen molar-refractivity contribution in [2.75, 3.05) is 5.32 Å². The minimum atomic E-state index is -3.88. The van der Waals surface area contributed by atoms with Crippen molar-refractivity contribution in [3.63, 3.8) is 0 Å². The standard InChI is InChI=1S/C20H22N4O3S2/c1-4-17(16-11-10-13(2)12-14(16)3)24-29(26,27)20-23-22-19(28-20)21-18(25)15-8-6-5-7-9-15/h5-12,17,24H,4H2,1-3H3,(H,21,22,25)/t17-/m1/s1. The van der Waals surface area contributed by atoms with Crippen LogP contribution >= 0.6 is 11.3 Å². The molecule has 1 atom stereocenters. The van der Waals surface area contributed by atoms with Gasteiger partial charge >= 0.3 is 0 Å². The van der Waals surface area contributed by atoms with Crippen LogP contribution in [0.4, 0.5) is 5.13 Å². The maximum Gasteiger partial charge on any atom is 0.270 e. The molecule has 0 aliphatic heterocycles. The number of nitrogens with one attached hydrogen (secondary N) is 2. The molecule has 0 aliphatic rings. The van der Waals surface area contributed by atoms with Crippen molar-refractivity contribution < 1.29 is 13.2 Å². The molecule has 152 valence electrons. The lowest BCUT2D eigenvalue weighted by atomic mass is 9.98. The van der Waals surface area contributed by atoms with Gasteiger partial charge in [-0.25, -0.2) is 13.1 Å². The lowest BCUT2D eigenvalue weighted by Crippen LogP contribution is -2.28. The molecular formula is C20H22N4O3S2. The van der Waals surface area contributed by atoms with E-state index in [4.69, 9.17) is 0 Å². The molecular weight excluding hydrogens is 408 g/mol. The van der Waals surface area contributed by atoms with Crippen LogP contribution in [0.25, 0.3) is 0 Å². The summed E-state index contributed by atoms with van der Waals surface area (Å²) in [5, 5.41) is 10.3. The molecule has 1 amide bonds. The van der Waals surface area contributed by atoms with Crippen LogP contribution in [0, 0.1) is 13.8 Å². The fraction of sp³-hybridized carbons (Fsp3) is 0.250. The molecule has 1 aromatic heterocycles. The van der Waals surface area contributed by atoms with Crippen molar-refractivity contribution in [1.82, 2.24) is 14.9 Å². The zero-order valence-corrected chi connectivity index (χ0v) is 18.0. The van der Waals surface area contributed by atoms with Gasteiger partial charge in [0.1, 0.15) is 0 Å². The van der Waals surface area contributed by atoms with E-state index in [1.54, 1.807) is 30.3 Å². The monoisotopic (exact) mass is 430 g/mol. The Morgan fingerprint density at radius 1 is 1.10 bits per heavy atom. The molecule has 3 aromatic rings. The molecule has 0 unspecified atom stereocenters. The Kier molecular flexibility index (Phi) is 6.41. The summed E-state index contributed by atoms with van der Waals surface area (Å²) in [6.07, 6.45) is 0.583. The van der Waals surface area contributed by atoms with Crippen LogP contribution in [0.5, 0.6) is 0 Å². The van der Waals surface area contributed by atoms with E-state index in [1.165, 1.54) is 0 Å². The van der Waals surface area contributed by atoms with Crippen LogP contribution < -0.4 is 10.0 Å². The molecule has 9 heteroatoms. The van der Waals surface area contributed by atoms with E-state index in [2.05, 4.69) is 20.2 Å². The number of benzene rings is 2. The highest BCUT2D eigenvalue weighted by Crippen LogP contribution is 2.26. The summed E-state index contributed by atoms with van der Waals surface area (Å²) < 4.78 is 28.1. The lowest BCUT2D eigenvalue weighted by molar-refractivity contribution is 0.102. The topological polar surface area (TPSA) is 101 Å². The second-order valence-corrected chi connectivity index (χ2v) is 9.50. The zero-order valence-electron chi connectivity index (χ0n) is 16.3. The van der Waals surface area contributed by atoms with Crippen LogP contribution in [0.3, 0.4) is 0 Å². The van der Waals surface area contributed by atoms with Gasteiger partial charge in [-0.1, -0.05) is 60.2 Å². The molecule has 0 saturated carbocycles. The van der Waals surface area contributed by atoms with Crippen molar-refractivity contribution in [3.8, 4) is 0 Å². The molecule has 29 heavy (non-hydrogen) atoms. The Morgan fingerprint density at radius 2 is 1.83 bits per heavy atom. The fourth-order valence-corrected chi connectivity index (χ4v) is 5.16. The second kappa shape index (κ2) is 8.81. The zero-order chi connectivity index (χ0) is 21.0. The van der Waals surface area contributed by atoms with Crippen molar-refractivity contribution in [3.05, 3.63) is 70.8 Å². The number of aromatic nitrogens is 2. The average molecular weight is 431 g/mol. The Hall–Kier alpha value is -2.62. The van der Waals surface area contributed by atoms with E-state index in [-0.39, 0.29) is 21.4 Å². The van der Waals surface area contributed by atoms with Crippen molar-refractivity contribution >= 4 is 32.4 Å². The van der Waals surface area contributed by atoms with Gasteiger partial charge in [0, 0.05) is 11.6 Å². The molecule has 7 nitrogen and oxygen atoms in total. The maximum absolute atomic E-state index is 12.8. The number of hydrogen-bond acceptors (Lipinski definition) is 6. The smallest absolute Gasteiger partial charge is 0.270 e. The van der Waals surface area contributed by atoms with E-state index < -0.39 is 10.0 Å². The largest absolute Gasteiger partial charge is 0.296 e. The van der Waals surface area contributed by atoms with Gasteiger partial charge in [-0.2, -0.15) is 0 Å². The van der Waals surface area contributed by atoms with Crippen molar-refractivity contribution in [2.45, 2.75) is 37.6 Å². The molecule has 0 radical (unpaired) electrons. The fourth-order valence-electron chi connectivity index (χ4n) is 2.95. The SMILES string of the molecule is CC[C@@H](NS(=O)(=O)c1nnc(NC(=O)c2ccccc2)s1)c1ccc(C)cc1C. The summed E-state index contributed by atoms with van der Waals surface area (Å²) in [5.74, 6) is -0.375. The molecule has 0 fully saturated rings. The summed E-state index contributed by atoms with van der Waals surface area (Å²) in [4.78, 5) is 12.2. The molecule has 2 N–H and O–H groups in total. The highest BCUT2D eigenvalue weighted by molar-refractivity contribution is 7.91. The summed E-state index contributed by atoms with van der Waals surface area (Å²) in [6.45, 7) is 5.87. The van der Waals surface area contributed by atoms with Gasteiger partial charge in [0.15, 0.2) is 0 Å². The van der Waals surface area contributed by atoms with Gasteiger partial charge in [-0.05, 0) is 43.5 Å². The molecule has 2 aromatic carbocycles. The molecule has 3 rings (SSSR count). The van der Waals surface area contributed by atoms with Crippen LogP contribution in [0.2, 0.25) is 0 Å². The van der Waals surface area contributed by atoms with Crippen molar-refractivity contribution in [1.29, 1.82) is 0 Å². The first-order valence-corrected chi connectivity index (χ1v) is 11.4. The van der Waals surface area contributed by atoms with E-state index in [0.29, 0.717) is 12.0 Å². The summed E-state index contributed by atoms with van der Waals surface area (Å²) in [6, 6.07) is 14.1. The number of hydrogen-bond donors (Lipinski definition) is 2. The summed E-state index contributed by atoms with van der Waals surface area (Å²) >= 11 is 0.813. The summed E-state index contributed by atoms with van der Waals surface area (Å²) in [5.41, 5.74) is 3.51. The number of anilines is 1. The minimum Gasteiger partial charge on any atom is -0.296 e. The van der Waals surface area contributed by atoms with Crippen molar-refractivity contribution in [2.24, 2.45) is 0 Å². The van der Waals surface area contributed by atoms with Gasteiger partial charge in [-0.15, -0.1) is 10.2 Å². The third-order valence-corrected chi connectivity index (χ3v) is 7.08. The van der Waals surface area contributed by atoms with Crippen LogP contribution in [0.1, 0.15) is 46.4 Å². The van der Waals surface area contributed by atoms with Crippen LogP contribution in [0.15, 0.2) is 52.9 Å². The minimum absolute atomic E-state index is 0.124. The van der Waals surface area contributed by atoms with Crippen LogP contribution in [-0.2, 0) is 10.0 Å². The van der Waals surface area contributed by atoms with Crippen LogP contribution in [-0.4, -0.2) is 24.5 Å². The third-order valence-electron chi connectivity index (χ3n) is 4.40. The number of aryl methyl sites for hydroxylation is 2. The van der Waals surface area contributed by atoms with Gasteiger partial charge in [0.05, 0.1) is 0 Å². The normalized spacial score (nSPS) is 12.5. The Labute approximate surface area is 174 Å². The van der Waals surface area contributed by atoms with E-state index in [1.807, 2.05) is 39.0 Å². The number of carbonyl (C=O) groups excluding carboxylic acids is 1. The molecule has 0 bridgehead atoms. The van der Waals surface area contributed by atoms with Gasteiger partial charge < -0.3 is 0 Å². The molecule has 1 heterocycles. The quantitative estimate of drug-likeness (QED) is 0.555. The highest BCUT2D eigenvalue weighted by atomic mass is 32.2. The number of nitrogens with zero attached hydrogens (tertiary/aromatic N) is 2. The third kappa shape index (κ3) is 5.06. The Morgan fingerprint density at radius 3 is 2.48 bits per heavy atom. The first-order chi connectivity index (χ1) is 13.8. The highest BCUT2D eigenvalue weighted by Gasteiger charge is 2.25. The van der Waals surface area contributed by atoms with E-state index in [0.717, 1.165) is 28.0 Å². The Bertz CT molecular complexity index is 1110. The number of amides is 1. The Balaban J connectivity index is 1.76. The van der Waals surface area contributed by atoms with E-state index in [9.17, 15) is 13.2 Å². The molecule has 0 spiro atoms.